The molecule has 0 spiro atoms. The van der Waals surface area contributed by atoms with E-state index < -0.39 is 0 Å². The van der Waals surface area contributed by atoms with Gasteiger partial charge in [0.15, 0.2) is 0 Å². The van der Waals surface area contributed by atoms with E-state index in [1.807, 2.05) is 6.92 Å². The van der Waals surface area contributed by atoms with Gasteiger partial charge in [-0.25, -0.2) is 14.1 Å². The quantitative estimate of drug-likeness (QED) is 0.796. The summed E-state index contributed by atoms with van der Waals surface area (Å²) in [6, 6.07) is 6.13. The fourth-order valence-electron chi connectivity index (χ4n) is 2.10. The van der Waals surface area contributed by atoms with Crippen molar-refractivity contribution in [2.75, 3.05) is 5.32 Å². The maximum atomic E-state index is 12.9. The van der Waals surface area contributed by atoms with Gasteiger partial charge in [0.25, 0.3) is 5.91 Å². The highest BCUT2D eigenvalue weighted by molar-refractivity contribution is 6.03. The van der Waals surface area contributed by atoms with Gasteiger partial charge in [0, 0.05) is 12.7 Å². The van der Waals surface area contributed by atoms with Gasteiger partial charge < -0.3 is 0 Å². The maximum absolute atomic E-state index is 12.9. The number of aryl methyl sites for hydroxylation is 1. The maximum Gasteiger partial charge on any atom is 0.261 e. The molecule has 0 unspecified atom stereocenters. The molecular weight excluding hydrogens is 299 g/mol. The highest BCUT2D eigenvalue weighted by atomic mass is 19.1. The molecule has 2 aromatic heterocycles. The van der Waals surface area contributed by atoms with Crippen LogP contribution in [0.15, 0.2) is 36.8 Å². The second-order valence-corrected chi connectivity index (χ2v) is 5.11. The minimum absolute atomic E-state index is 0.209. The number of amides is 1. The highest BCUT2D eigenvalue weighted by Gasteiger charge is 2.14. The SMILES string of the molecule is Cc1c(C(=O)Nc2ncn(Cc3ccc(F)cc3)n2)cnn1C. The number of hydrogen-bond acceptors (Lipinski definition) is 4. The molecule has 0 aliphatic heterocycles. The second kappa shape index (κ2) is 5.99. The van der Waals surface area contributed by atoms with E-state index in [1.54, 1.807) is 28.5 Å². The largest absolute Gasteiger partial charge is 0.289 e. The van der Waals surface area contributed by atoms with Crippen LogP contribution in [0.3, 0.4) is 0 Å². The molecule has 3 rings (SSSR count). The fourth-order valence-corrected chi connectivity index (χ4v) is 2.10. The molecule has 8 heteroatoms. The number of benzene rings is 1. The summed E-state index contributed by atoms with van der Waals surface area (Å²) >= 11 is 0. The minimum atomic E-state index is -0.310. The van der Waals surface area contributed by atoms with Gasteiger partial charge in [-0.1, -0.05) is 12.1 Å². The lowest BCUT2D eigenvalue weighted by Gasteiger charge is -2.02. The number of rotatable bonds is 4. The Balaban J connectivity index is 1.68. The van der Waals surface area contributed by atoms with Gasteiger partial charge in [-0.05, 0) is 24.6 Å². The predicted octanol–water partition coefficient (Wildman–Crippen LogP) is 1.76. The highest BCUT2D eigenvalue weighted by Crippen LogP contribution is 2.09. The van der Waals surface area contributed by atoms with E-state index in [1.165, 1.54) is 24.7 Å². The summed E-state index contributed by atoms with van der Waals surface area (Å²) in [5, 5.41) is 10.8. The van der Waals surface area contributed by atoms with Crippen LogP contribution in [0.5, 0.6) is 0 Å². The lowest BCUT2D eigenvalue weighted by molar-refractivity contribution is 0.102. The van der Waals surface area contributed by atoms with E-state index in [-0.39, 0.29) is 17.7 Å². The Morgan fingerprint density at radius 1 is 1.30 bits per heavy atom. The molecule has 0 bridgehead atoms. The number of nitrogens with one attached hydrogen (secondary N) is 1. The molecule has 1 amide bonds. The fraction of sp³-hybridized carbons (Fsp3) is 0.200. The lowest BCUT2D eigenvalue weighted by atomic mass is 10.2. The molecule has 0 fully saturated rings. The first-order chi connectivity index (χ1) is 11.0. The van der Waals surface area contributed by atoms with Gasteiger partial charge in [0.2, 0.25) is 5.95 Å². The Morgan fingerprint density at radius 3 is 2.70 bits per heavy atom. The first kappa shape index (κ1) is 14.9. The summed E-state index contributed by atoms with van der Waals surface area (Å²) in [6.07, 6.45) is 3.01. The topological polar surface area (TPSA) is 77.6 Å². The average Bonchev–Trinajstić information content (AvgIpc) is 3.09. The predicted molar refractivity (Wildman–Crippen MR) is 81.4 cm³/mol. The molecule has 1 N–H and O–H groups in total. The van der Waals surface area contributed by atoms with Crippen molar-refractivity contribution in [2.24, 2.45) is 7.05 Å². The van der Waals surface area contributed by atoms with Crippen molar-refractivity contribution in [3.63, 3.8) is 0 Å². The molecule has 3 aromatic rings. The Bertz CT molecular complexity index is 836. The standard InChI is InChI=1S/C15H15FN6O/c1-10-13(7-18-21(10)2)14(23)19-15-17-9-22(20-15)8-11-3-5-12(16)6-4-11/h3-7,9H,8H2,1-2H3,(H,19,20,23). The van der Waals surface area contributed by atoms with Crippen LogP contribution in [0.2, 0.25) is 0 Å². The molecule has 0 saturated carbocycles. The third-order valence-corrected chi connectivity index (χ3v) is 3.50. The van der Waals surface area contributed by atoms with E-state index in [0.717, 1.165) is 11.3 Å². The molecule has 0 aliphatic carbocycles. The minimum Gasteiger partial charge on any atom is -0.289 e. The molecule has 0 saturated heterocycles. The van der Waals surface area contributed by atoms with Crippen LogP contribution in [0, 0.1) is 12.7 Å². The first-order valence-corrected chi connectivity index (χ1v) is 6.97. The molecule has 0 atom stereocenters. The molecule has 7 nitrogen and oxygen atoms in total. The first-order valence-electron chi connectivity index (χ1n) is 6.97. The van der Waals surface area contributed by atoms with E-state index in [4.69, 9.17) is 0 Å². The van der Waals surface area contributed by atoms with Crippen molar-refractivity contribution in [2.45, 2.75) is 13.5 Å². The number of nitrogens with zero attached hydrogens (tertiary/aromatic N) is 5. The van der Waals surface area contributed by atoms with Crippen molar-refractivity contribution in [1.82, 2.24) is 24.5 Å². The van der Waals surface area contributed by atoms with Gasteiger partial charge in [-0.2, -0.15) is 5.10 Å². The van der Waals surface area contributed by atoms with Crippen molar-refractivity contribution in [3.05, 3.63) is 59.4 Å². The number of carbonyl (C=O) groups is 1. The molecule has 0 radical (unpaired) electrons. The van der Waals surface area contributed by atoms with E-state index in [0.29, 0.717) is 12.1 Å². The lowest BCUT2D eigenvalue weighted by Crippen LogP contribution is -2.14. The van der Waals surface area contributed by atoms with Crippen LogP contribution in [0.4, 0.5) is 10.3 Å². The number of anilines is 1. The third kappa shape index (κ3) is 3.25. The monoisotopic (exact) mass is 314 g/mol. The molecule has 2 heterocycles. The summed E-state index contributed by atoms with van der Waals surface area (Å²) in [5.74, 6) is -0.386. The Kier molecular flexibility index (Phi) is 3.88. The summed E-state index contributed by atoms with van der Waals surface area (Å²) in [5.41, 5.74) is 2.12. The summed E-state index contributed by atoms with van der Waals surface area (Å²) in [7, 11) is 1.77. The van der Waals surface area contributed by atoms with Crippen LogP contribution < -0.4 is 5.32 Å². The van der Waals surface area contributed by atoms with Crippen LogP contribution in [-0.2, 0) is 13.6 Å². The number of halogens is 1. The molecule has 0 aliphatic rings. The van der Waals surface area contributed by atoms with Crippen molar-refractivity contribution >= 4 is 11.9 Å². The second-order valence-electron chi connectivity index (χ2n) is 5.11. The van der Waals surface area contributed by atoms with E-state index >= 15 is 0 Å². The molecule has 23 heavy (non-hydrogen) atoms. The Labute approximate surface area is 131 Å². The smallest absolute Gasteiger partial charge is 0.261 e. The van der Waals surface area contributed by atoms with Crippen LogP contribution in [0.25, 0.3) is 0 Å². The van der Waals surface area contributed by atoms with Crippen LogP contribution in [-0.4, -0.2) is 30.5 Å². The van der Waals surface area contributed by atoms with E-state index in [2.05, 4.69) is 20.5 Å². The Morgan fingerprint density at radius 2 is 2.04 bits per heavy atom. The zero-order valence-corrected chi connectivity index (χ0v) is 12.7. The van der Waals surface area contributed by atoms with Crippen LogP contribution in [0.1, 0.15) is 21.6 Å². The normalized spacial score (nSPS) is 10.7. The zero-order chi connectivity index (χ0) is 16.4. The van der Waals surface area contributed by atoms with Crippen LogP contribution >= 0.6 is 0 Å². The molecule has 1 aromatic carbocycles. The summed E-state index contributed by atoms with van der Waals surface area (Å²) in [6.45, 7) is 2.25. The van der Waals surface area contributed by atoms with Gasteiger partial charge in [0.1, 0.15) is 12.1 Å². The average molecular weight is 314 g/mol. The van der Waals surface area contributed by atoms with Crippen molar-refractivity contribution < 1.29 is 9.18 Å². The van der Waals surface area contributed by atoms with E-state index in [9.17, 15) is 9.18 Å². The summed E-state index contributed by atoms with van der Waals surface area (Å²) < 4.78 is 16.1. The number of hydrogen-bond donors (Lipinski definition) is 1. The third-order valence-electron chi connectivity index (χ3n) is 3.50. The molecule has 118 valence electrons. The van der Waals surface area contributed by atoms with Crippen molar-refractivity contribution in [3.8, 4) is 0 Å². The van der Waals surface area contributed by atoms with Crippen molar-refractivity contribution in [1.29, 1.82) is 0 Å². The number of carbonyl (C=O) groups excluding carboxylic acids is 1. The molecular formula is C15H15FN6O. The van der Waals surface area contributed by atoms with Gasteiger partial charge >= 0.3 is 0 Å². The van der Waals surface area contributed by atoms with Gasteiger partial charge in [-0.15, -0.1) is 5.10 Å². The zero-order valence-electron chi connectivity index (χ0n) is 12.7. The Hall–Kier alpha value is -3.03. The van der Waals surface area contributed by atoms with Gasteiger partial charge in [-0.3, -0.25) is 14.8 Å². The van der Waals surface area contributed by atoms with Gasteiger partial charge in [0.05, 0.1) is 18.3 Å². The number of aromatic nitrogens is 5. The summed E-state index contributed by atoms with van der Waals surface area (Å²) in [4.78, 5) is 16.2.